The summed E-state index contributed by atoms with van der Waals surface area (Å²) in [5, 5.41) is 21.7. The summed E-state index contributed by atoms with van der Waals surface area (Å²) < 4.78 is 0. The van der Waals surface area contributed by atoms with Crippen LogP contribution >= 0.6 is 0 Å². The lowest BCUT2D eigenvalue weighted by Gasteiger charge is -2.35. The van der Waals surface area contributed by atoms with E-state index in [-0.39, 0.29) is 12.5 Å². The molecule has 1 radical (unpaired) electrons. The lowest BCUT2D eigenvalue weighted by molar-refractivity contribution is -0.147. The van der Waals surface area contributed by atoms with E-state index in [1.54, 1.807) is 11.8 Å². The maximum absolute atomic E-state index is 12.1. The molecule has 0 aromatic rings. The molecule has 1 amide bonds. The third-order valence-electron chi connectivity index (χ3n) is 4.91. The lowest BCUT2D eigenvalue weighted by Crippen LogP contribution is -2.58. The molecule has 117 valence electrons. The molecule has 3 unspecified atom stereocenters. The van der Waals surface area contributed by atoms with Crippen LogP contribution in [-0.2, 0) is 9.59 Å². The molecule has 0 spiro atoms. The molecular weight excluding hydrogens is 273 g/mol. The smallest absolute Gasteiger partial charge is 0.326 e. The number of amides is 1. The van der Waals surface area contributed by atoms with Crippen molar-refractivity contribution in [1.82, 2.24) is 10.2 Å². The number of carboxylic acid groups (broad SMARTS) is 1. The van der Waals surface area contributed by atoms with E-state index >= 15 is 0 Å². The van der Waals surface area contributed by atoms with Crippen LogP contribution in [0.1, 0.15) is 26.2 Å². The van der Waals surface area contributed by atoms with E-state index in [0.717, 1.165) is 7.48 Å². The zero-order chi connectivity index (χ0) is 15.7. The highest BCUT2D eigenvalue weighted by molar-refractivity contribution is 6.25. The molecule has 0 aromatic heterocycles. The first-order chi connectivity index (χ1) is 9.88. The van der Waals surface area contributed by atoms with Crippen LogP contribution in [0.5, 0.6) is 0 Å². The zero-order valence-corrected chi connectivity index (χ0v) is 12.3. The highest BCUT2D eigenvalue weighted by atomic mass is 16.4. The topological polar surface area (TPSA) is 116 Å². The SMILES string of the molecule is CC(N)C(=O)N1CC2(CCC[B]O)CCNC2(C(=O)O)C1. The number of carboxylic acids is 1. The van der Waals surface area contributed by atoms with Gasteiger partial charge in [0.2, 0.25) is 5.91 Å². The molecule has 21 heavy (non-hydrogen) atoms. The maximum Gasteiger partial charge on any atom is 0.326 e. The molecule has 2 aliphatic heterocycles. The average molecular weight is 296 g/mol. The molecular formula is C13H23BN3O4. The van der Waals surface area contributed by atoms with Crippen LogP contribution in [0.3, 0.4) is 0 Å². The Labute approximate surface area is 125 Å². The van der Waals surface area contributed by atoms with Gasteiger partial charge in [0, 0.05) is 12.0 Å². The first kappa shape index (κ1) is 16.3. The van der Waals surface area contributed by atoms with Gasteiger partial charge in [0.15, 0.2) is 0 Å². The fourth-order valence-corrected chi connectivity index (χ4v) is 3.82. The number of rotatable bonds is 6. The Kier molecular flexibility index (Phi) is 4.60. The van der Waals surface area contributed by atoms with E-state index < -0.39 is 23.0 Å². The quantitative estimate of drug-likeness (QED) is 0.361. The summed E-state index contributed by atoms with van der Waals surface area (Å²) in [6, 6.07) is -0.627. The van der Waals surface area contributed by atoms with Crippen molar-refractivity contribution in [3.63, 3.8) is 0 Å². The first-order valence-electron chi connectivity index (χ1n) is 7.37. The number of fused-ring (bicyclic) bond motifs is 1. The van der Waals surface area contributed by atoms with Crippen LogP contribution in [0.15, 0.2) is 0 Å². The third-order valence-corrected chi connectivity index (χ3v) is 4.91. The average Bonchev–Trinajstić information content (AvgIpc) is 2.91. The molecule has 2 heterocycles. The zero-order valence-electron chi connectivity index (χ0n) is 12.3. The van der Waals surface area contributed by atoms with Crippen molar-refractivity contribution in [2.45, 2.75) is 44.1 Å². The molecule has 0 aliphatic carbocycles. The summed E-state index contributed by atoms with van der Waals surface area (Å²) in [6.07, 6.45) is 2.60. The van der Waals surface area contributed by atoms with Crippen molar-refractivity contribution in [3.8, 4) is 0 Å². The van der Waals surface area contributed by atoms with E-state index in [4.69, 9.17) is 10.8 Å². The summed E-state index contributed by atoms with van der Waals surface area (Å²) in [4.78, 5) is 25.6. The van der Waals surface area contributed by atoms with Crippen LogP contribution in [0.2, 0.25) is 6.32 Å². The van der Waals surface area contributed by atoms with Crippen molar-refractivity contribution in [2.24, 2.45) is 11.1 Å². The first-order valence-corrected chi connectivity index (χ1v) is 7.37. The van der Waals surface area contributed by atoms with Gasteiger partial charge in [-0.05, 0) is 26.3 Å². The fourth-order valence-electron chi connectivity index (χ4n) is 3.82. The van der Waals surface area contributed by atoms with Crippen LogP contribution in [0.25, 0.3) is 0 Å². The third kappa shape index (κ3) is 2.56. The van der Waals surface area contributed by atoms with Gasteiger partial charge in [-0.2, -0.15) is 0 Å². The van der Waals surface area contributed by atoms with Crippen LogP contribution in [0.4, 0.5) is 0 Å². The normalized spacial score (nSPS) is 32.8. The number of aliphatic carboxylic acids is 1. The second-order valence-corrected chi connectivity index (χ2v) is 6.23. The van der Waals surface area contributed by atoms with Crippen molar-refractivity contribution >= 4 is 19.4 Å². The molecule has 5 N–H and O–H groups in total. The number of likely N-dealkylation sites (tertiary alicyclic amines) is 1. The van der Waals surface area contributed by atoms with Crippen molar-refractivity contribution in [3.05, 3.63) is 0 Å². The van der Waals surface area contributed by atoms with E-state index in [9.17, 15) is 14.7 Å². The minimum absolute atomic E-state index is 0.158. The van der Waals surface area contributed by atoms with Crippen molar-refractivity contribution in [2.75, 3.05) is 19.6 Å². The highest BCUT2D eigenvalue weighted by Gasteiger charge is 2.65. The predicted molar refractivity (Wildman–Crippen MR) is 77.7 cm³/mol. The largest absolute Gasteiger partial charge is 0.480 e. The molecule has 8 heteroatoms. The number of nitrogens with one attached hydrogen (secondary N) is 1. The Bertz CT molecular complexity index is 434. The highest BCUT2D eigenvalue weighted by Crippen LogP contribution is 2.49. The van der Waals surface area contributed by atoms with Gasteiger partial charge in [-0.25, -0.2) is 0 Å². The summed E-state index contributed by atoms with van der Waals surface area (Å²) >= 11 is 0. The summed E-state index contributed by atoms with van der Waals surface area (Å²) in [6.45, 7) is 2.82. The van der Waals surface area contributed by atoms with Gasteiger partial charge in [-0.1, -0.05) is 12.7 Å². The minimum Gasteiger partial charge on any atom is -0.480 e. The van der Waals surface area contributed by atoms with Crippen molar-refractivity contribution < 1.29 is 19.7 Å². The Morgan fingerprint density at radius 1 is 1.48 bits per heavy atom. The van der Waals surface area contributed by atoms with Gasteiger partial charge < -0.3 is 20.8 Å². The van der Waals surface area contributed by atoms with E-state index in [1.807, 2.05) is 0 Å². The summed E-state index contributed by atoms with van der Waals surface area (Å²) in [7, 11) is 1.10. The number of carbonyl (C=O) groups excluding carboxylic acids is 1. The van der Waals surface area contributed by atoms with Crippen molar-refractivity contribution in [1.29, 1.82) is 0 Å². The van der Waals surface area contributed by atoms with Gasteiger partial charge in [0.05, 0.1) is 12.6 Å². The molecule has 2 fully saturated rings. The van der Waals surface area contributed by atoms with Gasteiger partial charge in [0.25, 0.3) is 7.48 Å². The Morgan fingerprint density at radius 3 is 2.76 bits per heavy atom. The molecule has 7 nitrogen and oxygen atoms in total. The fraction of sp³-hybridized carbons (Fsp3) is 0.846. The van der Waals surface area contributed by atoms with Gasteiger partial charge in [0.1, 0.15) is 5.54 Å². The van der Waals surface area contributed by atoms with Crippen LogP contribution < -0.4 is 11.1 Å². The standard InChI is InChI=1S/C13H23BN3O4/c1-9(15)10(18)17-7-12(3-2-5-14-21)4-6-16-13(12,8-17)11(19)20/h9,16,21H,2-8,15H2,1H3,(H,19,20). The summed E-state index contributed by atoms with van der Waals surface area (Å²) in [5.74, 6) is -1.12. The number of nitrogens with two attached hydrogens (primary N) is 1. The Morgan fingerprint density at radius 2 is 2.19 bits per heavy atom. The summed E-state index contributed by atoms with van der Waals surface area (Å²) in [5.41, 5.74) is 4.08. The molecule has 0 aromatic carbocycles. The minimum atomic E-state index is -1.09. The molecule has 2 rings (SSSR count). The molecule has 0 bridgehead atoms. The number of hydrogen-bond donors (Lipinski definition) is 4. The maximum atomic E-state index is 12.1. The monoisotopic (exact) mass is 296 g/mol. The number of hydrogen-bond acceptors (Lipinski definition) is 5. The van der Waals surface area contributed by atoms with Crippen LogP contribution in [-0.4, -0.2) is 65.6 Å². The number of nitrogens with zero attached hydrogens (tertiary/aromatic N) is 1. The Balaban J connectivity index is 2.25. The van der Waals surface area contributed by atoms with E-state index in [0.29, 0.717) is 38.7 Å². The molecule has 2 aliphatic rings. The van der Waals surface area contributed by atoms with Gasteiger partial charge >= 0.3 is 5.97 Å². The van der Waals surface area contributed by atoms with E-state index in [2.05, 4.69) is 5.32 Å². The predicted octanol–water partition coefficient (Wildman–Crippen LogP) is -1.21. The number of carbonyl (C=O) groups is 2. The second kappa shape index (κ2) is 5.94. The molecule has 0 saturated carbocycles. The van der Waals surface area contributed by atoms with Gasteiger partial charge in [-0.15, -0.1) is 0 Å². The van der Waals surface area contributed by atoms with E-state index in [1.165, 1.54) is 0 Å². The lowest BCUT2D eigenvalue weighted by atomic mass is 9.68. The molecule has 3 atom stereocenters. The van der Waals surface area contributed by atoms with Gasteiger partial charge in [-0.3, -0.25) is 14.9 Å². The molecule has 2 saturated heterocycles. The van der Waals surface area contributed by atoms with Crippen LogP contribution in [0, 0.1) is 5.41 Å². The second-order valence-electron chi connectivity index (χ2n) is 6.23. The Hall–Kier alpha value is -1.12.